The molecule has 0 N–H and O–H groups in total. The predicted molar refractivity (Wildman–Crippen MR) is 26.7 cm³/mol. The number of nitrogens with zero attached hydrogens (tertiary/aromatic N) is 1. The molecule has 6 heteroatoms. The van der Waals surface area contributed by atoms with Crippen molar-refractivity contribution >= 4 is 13.7 Å². The maximum absolute atomic E-state index is 10.2. The average Bonchev–Trinajstić information content (AvgIpc) is 1.64. The number of hydrogen-bond donors (Lipinski definition) is 0. The van der Waals surface area contributed by atoms with Crippen LogP contribution in [0.1, 0.15) is 0 Å². The van der Waals surface area contributed by atoms with E-state index in [9.17, 15) is 14.3 Å². The molecule has 9 heavy (non-hydrogen) atoms. The van der Waals surface area contributed by atoms with Crippen molar-refractivity contribution in [1.82, 2.24) is 4.90 Å². The molecule has 0 saturated heterocycles. The Kier molecular flexibility index (Phi) is 7.24. The van der Waals surface area contributed by atoms with Crippen LogP contribution in [0, 0.1) is 0 Å². The Balaban J connectivity index is 0. The first-order valence-electron chi connectivity index (χ1n) is 1.91. The molecule has 0 aliphatic rings. The summed E-state index contributed by atoms with van der Waals surface area (Å²) < 4.78 is 9.79. The Labute approximate surface area is 76.4 Å². The van der Waals surface area contributed by atoms with Gasteiger partial charge >= 0.3 is 43.2 Å². The Morgan fingerprint density at radius 1 is 1.56 bits per heavy atom. The Hall–Kier alpha value is 0.530. The van der Waals surface area contributed by atoms with Gasteiger partial charge in [-0.05, 0) is 0 Å². The molecule has 1 amide bonds. The van der Waals surface area contributed by atoms with Crippen LogP contribution in [-0.2, 0) is 4.57 Å². The van der Waals surface area contributed by atoms with Crippen molar-refractivity contribution in [2.75, 3.05) is 14.1 Å². The van der Waals surface area contributed by atoms with Crippen molar-refractivity contribution in [3.63, 3.8) is 0 Å². The maximum atomic E-state index is 10.2. The van der Waals surface area contributed by atoms with Gasteiger partial charge in [-0.2, -0.15) is 0 Å². The van der Waals surface area contributed by atoms with E-state index in [0.29, 0.717) is 0 Å². The predicted octanol–water partition coefficient (Wildman–Crippen LogP) is -3.23. The number of rotatable bonds is 1. The molecule has 0 radical (unpaired) electrons. The van der Waals surface area contributed by atoms with E-state index >= 15 is 0 Å². The monoisotopic (exact) mass is 158 g/mol. The first kappa shape index (κ1) is 12.2. The Morgan fingerprint density at radius 2 is 1.89 bits per heavy atom. The molecule has 0 fully saturated rings. The molecule has 46 valence electrons. The third-order valence-electron chi connectivity index (χ3n) is 0.539. The number of amides is 1. The van der Waals surface area contributed by atoms with E-state index in [2.05, 4.69) is 0 Å². The van der Waals surface area contributed by atoms with Crippen LogP contribution in [0.3, 0.4) is 0 Å². The summed E-state index contributed by atoms with van der Waals surface area (Å²) in [5.74, 6) is 0. The Morgan fingerprint density at radius 3 is 1.89 bits per heavy atom. The van der Waals surface area contributed by atoms with E-state index in [1.165, 1.54) is 14.1 Å². The molecule has 0 rings (SSSR count). The van der Waals surface area contributed by atoms with E-state index in [1.807, 2.05) is 0 Å². The van der Waals surface area contributed by atoms with Gasteiger partial charge in [0.1, 0.15) is 0 Å². The smallest absolute Gasteiger partial charge is 0.587 e. The first-order valence-corrected chi connectivity index (χ1v) is 3.09. The number of hydrogen-bond acceptors (Lipinski definition) is 3. The summed E-state index contributed by atoms with van der Waals surface area (Å²) in [6.45, 7) is 0. The van der Waals surface area contributed by atoms with Crippen molar-refractivity contribution in [2.24, 2.45) is 0 Å². The van der Waals surface area contributed by atoms with E-state index in [1.54, 1.807) is 0 Å². The second-order valence-corrected chi connectivity index (χ2v) is 2.33. The second kappa shape index (κ2) is 5.33. The standard InChI is InChI=1S/C3H6NO3P.Na/c1-4(2)3(5)8(6)7;/h1-2H3;/q;+1. The van der Waals surface area contributed by atoms with Gasteiger partial charge in [0.15, 0.2) is 0 Å². The third-order valence-corrected chi connectivity index (χ3v) is 1.25. The van der Waals surface area contributed by atoms with Gasteiger partial charge in [0, 0.05) is 14.1 Å². The normalized spacial score (nSPS) is 9.44. The quantitative estimate of drug-likeness (QED) is 0.298. The van der Waals surface area contributed by atoms with Crippen LogP contribution in [0.5, 0.6) is 0 Å². The second-order valence-electron chi connectivity index (χ2n) is 1.43. The van der Waals surface area contributed by atoms with Crippen molar-refractivity contribution in [2.45, 2.75) is 0 Å². The SMILES string of the molecule is CN(C)C(=O)[P+](=O)[O-].[Na+]. The van der Waals surface area contributed by atoms with Crippen LogP contribution in [-0.4, -0.2) is 24.6 Å². The zero-order valence-electron chi connectivity index (χ0n) is 5.62. The summed E-state index contributed by atoms with van der Waals surface area (Å²) >= 11 is 0. The third kappa shape index (κ3) is 5.00. The molecular weight excluding hydrogens is 152 g/mol. The minimum atomic E-state index is -2.91. The van der Waals surface area contributed by atoms with Crippen LogP contribution in [0.4, 0.5) is 4.79 Å². The van der Waals surface area contributed by atoms with Crippen LogP contribution in [0.2, 0.25) is 0 Å². The van der Waals surface area contributed by atoms with Gasteiger partial charge in [-0.15, -0.1) is 0 Å². The van der Waals surface area contributed by atoms with E-state index < -0.39 is 13.7 Å². The minimum Gasteiger partial charge on any atom is -0.587 e. The largest absolute Gasteiger partial charge is 1.00 e. The van der Waals surface area contributed by atoms with Gasteiger partial charge in [0.05, 0.1) is 0 Å². The summed E-state index contributed by atoms with van der Waals surface area (Å²) in [6, 6.07) is 0. The van der Waals surface area contributed by atoms with Crippen molar-refractivity contribution < 1.29 is 43.8 Å². The number of carbonyl (C=O) groups is 1. The van der Waals surface area contributed by atoms with E-state index in [4.69, 9.17) is 0 Å². The zero-order chi connectivity index (χ0) is 6.73. The van der Waals surface area contributed by atoms with Gasteiger partial charge in [0.2, 0.25) is 0 Å². The summed E-state index contributed by atoms with van der Waals surface area (Å²) in [5.41, 5.74) is -0.861. The molecule has 4 nitrogen and oxygen atoms in total. The number of carbonyl (C=O) groups excluding carboxylic acids is 1. The van der Waals surface area contributed by atoms with E-state index in [-0.39, 0.29) is 29.6 Å². The molecular formula is C3H6NNaO3P+. The molecule has 0 aromatic rings. The molecule has 0 heterocycles. The fourth-order valence-corrected chi connectivity index (χ4v) is 0.490. The molecule has 0 spiro atoms. The van der Waals surface area contributed by atoms with Crippen LogP contribution in [0.25, 0.3) is 0 Å². The van der Waals surface area contributed by atoms with Crippen molar-refractivity contribution in [3.8, 4) is 0 Å². The first-order chi connectivity index (χ1) is 3.55. The van der Waals surface area contributed by atoms with E-state index in [0.717, 1.165) is 4.90 Å². The minimum absolute atomic E-state index is 0. The summed E-state index contributed by atoms with van der Waals surface area (Å²) in [6.07, 6.45) is 0. The molecule has 0 aliphatic heterocycles. The van der Waals surface area contributed by atoms with Crippen molar-refractivity contribution in [1.29, 1.82) is 0 Å². The van der Waals surface area contributed by atoms with Crippen molar-refractivity contribution in [3.05, 3.63) is 0 Å². The molecule has 1 atom stereocenters. The van der Waals surface area contributed by atoms with Crippen LogP contribution < -0.4 is 34.5 Å². The fourth-order valence-electron chi connectivity index (χ4n) is 0.163. The van der Waals surface area contributed by atoms with Gasteiger partial charge in [-0.1, -0.05) is 4.57 Å². The summed E-state index contributed by atoms with van der Waals surface area (Å²) in [7, 11) is -0.149. The molecule has 0 aromatic carbocycles. The zero-order valence-corrected chi connectivity index (χ0v) is 8.51. The Bertz CT molecular complexity index is 126. The van der Waals surface area contributed by atoms with Crippen LogP contribution in [0.15, 0.2) is 0 Å². The van der Waals surface area contributed by atoms with Gasteiger partial charge in [0.25, 0.3) is 0 Å². The topological polar surface area (TPSA) is 60.4 Å². The van der Waals surface area contributed by atoms with Crippen LogP contribution >= 0.6 is 8.03 Å². The van der Waals surface area contributed by atoms with Gasteiger partial charge in [-0.3, -0.25) is 0 Å². The van der Waals surface area contributed by atoms with Gasteiger partial charge < -0.3 is 9.79 Å². The molecule has 0 saturated carbocycles. The summed E-state index contributed by atoms with van der Waals surface area (Å²) in [5, 5.41) is 0. The fraction of sp³-hybridized carbons (Fsp3) is 0.667. The molecule has 0 bridgehead atoms. The average molecular weight is 158 g/mol. The summed E-state index contributed by atoms with van der Waals surface area (Å²) in [4.78, 5) is 21.0. The molecule has 0 aliphatic carbocycles. The molecule has 1 unspecified atom stereocenters. The maximum Gasteiger partial charge on any atom is 1.00 e. The van der Waals surface area contributed by atoms with Gasteiger partial charge in [-0.25, -0.2) is 4.79 Å². The molecule has 0 aromatic heterocycles.